The highest BCUT2D eigenvalue weighted by Gasteiger charge is 2.34. The molecule has 7 nitrogen and oxygen atoms in total. The van der Waals surface area contributed by atoms with Crippen molar-refractivity contribution in [2.24, 2.45) is 7.05 Å². The fraction of sp³-hybridized carbons (Fsp3) is 0.333. The van der Waals surface area contributed by atoms with Crippen LogP contribution in [0.25, 0.3) is 0 Å². The number of carbonyl (C=O) groups excluding carboxylic acids is 1. The number of piperidine rings is 1. The molecular formula is C24H26N4O3S. The summed E-state index contributed by atoms with van der Waals surface area (Å²) in [5.74, 6) is -0.149. The van der Waals surface area contributed by atoms with Crippen LogP contribution in [0.3, 0.4) is 0 Å². The number of hydrogen-bond donors (Lipinski definition) is 0. The molecule has 0 N–H and O–H groups in total. The summed E-state index contributed by atoms with van der Waals surface area (Å²) in [5.41, 5.74) is 3.14. The van der Waals surface area contributed by atoms with Gasteiger partial charge in [-0.15, -0.1) is 0 Å². The fourth-order valence-corrected chi connectivity index (χ4v) is 6.39. The van der Waals surface area contributed by atoms with E-state index in [0.717, 1.165) is 36.1 Å². The zero-order valence-electron chi connectivity index (χ0n) is 18.0. The molecular weight excluding hydrogens is 424 g/mol. The summed E-state index contributed by atoms with van der Waals surface area (Å²) in [6.45, 7) is 1.06. The number of benzene rings is 1. The lowest BCUT2D eigenvalue weighted by Crippen LogP contribution is -2.39. The maximum Gasteiger partial charge on any atom is 0.271 e. The molecule has 2 aliphatic rings. The van der Waals surface area contributed by atoms with Gasteiger partial charge in [-0.2, -0.15) is 0 Å². The quantitative estimate of drug-likeness (QED) is 0.609. The summed E-state index contributed by atoms with van der Waals surface area (Å²) < 4.78 is 29.9. The van der Waals surface area contributed by atoms with Crippen LogP contribution in [0.15, 0.2) is 66.0 Å². The van der Waals surface area contributed by atoms with Crippen molar-refractivity contribution in [3.05, 3.63) is 77.9 Å². The zero-order chi connectivity index (χ0) is 22.3. The summed E-state index contributed by atoms with van der Waals surface area (Å²) in [4.78, 5) is 19.8. The van der Waals surface area contributed by atoms with E-state index in [1.54, 1.807) is 24.0 Å². The Hall–Kier alpha value is -3.13. The SMILES string of the molecule is Cn1cc(S(=O)(=O)N2CCc3ccccc32)cc1C(=O)N1CCCCC1c1cccnc1. The van der Waals surface area contributed by atoms with Crippen molar-refractivity contribution in [1.29, 1.82) is 0 Å². The van der Waals surface area contributed by atoms with Gasteiger partial charge in [0.2, 0.25) is 0 Å². The molecule has 0 radical (unpaired) electrons. The predicted octanol–water partition coefficient (Wildman–Crippen LogP) is 3.54. The van der Waals surface area contributed by atoms with E-state index in [2.05, 4.69) is 4.98 Å². The average Bonchev–Trinajstić information content (AvgIpc) is 3.44. The smallest absolute Gasteiger partial charge is 0.271 e. The minimum Gasteiger partial charge on any atom is -0.345 e. The molecule has 0 aliphatic carbocycles. The molecule has 4 heterocycles. The predicted molar refractivity (Wildman–Crippen MR) is 122 cm³/mol. The Morgan fingerprint density at radius 2 is 1.94 bits per heavy atom. The first-order chi connectivity index (χ1) is 15.5. The molecule has 3 aromatic rings. The van der Waals surface area contributed by atoms with Crippen LogP contribution in [-0.2, 0) is 23.5 Å². The molecule has 1 aromatic carbocycles. The van der Waals surface area contributed by atoms with Crippen LogP contribution in [0.4, 0.5) is 5.69 Å². The van der Waals surface area contributed by atoms with Gasteiger partial charge in [0.15, 0.2) is 0 Å². The van der Waals surface area contributed by atoms with Crippen molar-refractivity contribution in [1.82, 2.24) is 14.5 Å². The number of rotatable bonds is 4. The van der Waals surface area contributed by atoms with Crippen LogP contribution in [0.2, 0.25) is 0 Å². The maximum absolute atomic E-state index is 13.5. The highest BCUT2D eigenvalue weighted by Crippen LogP contribution is 2.35. The van der Waals surface area contributed by atoms with Gasteiger partial charge >= 0.3 is 0 Å². The number of hydrogen-bond acceptors (Lipinski definition) is 4. The van der Waals surface area contributed by atoms with Crippen molar-refractivity contribution in [2.75, 3.05) is 17.4 Å². The van der Waals surface area contributed by atoms with Gasteiger partial charge in [0.05, 0.1) is 11.7 Å². The van der Waals surface area contributed by atoms with Crippen LogP contribution in [-0.4, -0.2) is 41.9 Å². The number of sulfonamides is 1. The number of carbonyl (C=O) groups is 1. The Kier molecular flexibility index (Phi) is 5.25. The van der Waals surface area contributed by atoms with Gasteiger partial charge in [-0.25, -0.2) is 8.42 Å². The van der Waals surface area contributed by atoms with E-state index >= 15 is 0 Å². The number of pyridine rings is 1. The van der Waals surface area contributed by atoms with Crippen LogP contribution < -0.4 is 4.31 Å². The molecule has 1 amide bonds. The average molecular weight is 451 g/mol. The summed E-state index contributed by atoms with van der Waals surface area (Å²) in [6, 6.07) is 12.9. The van der Waals surface area contributed by atoms with Gasteiger partial charge in [0, 0.05) is 38.7 Å². The van der Waals surface area contributed by atoms with E-state index in [9.17, 15) is 13.2 Å². The van der Waals surface area contributed by atoms with Crippen LogP contribution >= 0.6 is 0 Å². The van der Waals surface area contributed by atoms with E-state index in [4.69, 9.17) is 0 Å². The second-order valence-electron chi connectivity index (χ2n) is 8.42. The number of aromatic nitrogens is 2. The first-order valence-corrected chi connectivity index (χ1v) is 12.4. The number of nitrogens with zero attached hydrogens (tertiary/aromatic N) is 4. The highest BCUT2D eigenvalue weighted by molar-refractivity contribution is 7.92. The lowest BCUT2D eigenvalue weighted by molar-refractivity contribution is 0.0601. The molecule has 2 aromatic heterocycles. The van der Waals surface area contributed by atoms with Gasteiger partial charge in [-0.3, -0.25) is 14.1 Å². The van der Waals surface area contributed by atoms with Crippen molar-refractivity contribution in [3.8, 4) is 0 Å². The Morgan fingerprint density at radius 1 is 1.09 bits per heavy atom. The van der Waals surface area contributed by atoms with E-state index < -0.39 is 10.0 Å². The Labute approximate surface area is 188 Å². The highest BCUT2D eigenvalue weighted by atomic mass is 32.2. The second-order valence-corrected chi connectivity index (χ2v) is 10.3. The summed E-state index contributed by atoms with van der Waals surface area (Å²) in [7, 11) is -2.02. The molecule has 1 fully saturated rings. The third-order valence-corrected chi connectivity index (χ3v) is 8.24. The van der Waals surface area contributed by atoms with E-state index in [1.807, 2.05) is 47.5 Å². The topological polar surface area (TPSA) is 75.5 Å². The molecule has 0 bridgehead atoms. The van der Waals surface area contributed by atoms with Gasteiger partial charge in [-0.05, 0) is 55.0 Å². The van der Waals surface area contributed by atoms with Crippen molar-refractivity contribution < 1.29 is 13.2 Å². The Bertz CT molecular complexity index is 1250. The molecule has 1 saturated heterocycles. The standard InChI is InChI=1S/C24H26N4O3S/c1-26-17-20(32(30,31)28-14-11-18-7-2-3-10-22(18)28)15-23(26)24(29)27-13-5-4-9-21(27)19-8-6-12-25-16-19/h2-3,6-8,10,12,15-17,21H,4-5,9,11,13-14H2,1H3. The molecule has 0 spiro atoms. The van der Waals surface area contributed by atoms with E-state index in [-0.39, 0.29) is 16.8 Å². The number of aryl methyl sites for hydroxylation is 1. The molecule has 2 aliphatic heterocycles. The number of likely N-dealkylation sites (tertiary alicyclic amines) is 1. The van der Waals surface area contributed by atoms with Crippen LogP contribution in [0.5, 0.6) is 0 Å². The molecule has 166 valence electrons. The minimum absolute atomic E-state index is 0.0506. The molecule has 1 atom stereocenters. The molecule has 1 unspecified atom stereocenters. The molecule has 5 rings (SSSR count). The first kappa shape index (κ1) is 20.8. The lowest BCUT2D eigenvalue weighted by atomic mass is 9.96. The summed E-state index contributed by atoms with van der Waals surface area (Å²) in [5, 5.41) is 0. The minimum atomic E-state index is -3.75. The number of anilines is 1. The van der Waals surface area contributed by atoms with Crippen LogP contribution in [0.1, 0.15) is 46.9 Å². The Balaban J connectivity index is 1.46. The van der Waals surface area contributed by atoms with Gasteiger partial charge in [0.1, 0.15) is 10.6 Å². The summed E-state index contributed by atoms with van der Waals surface area (Å²) in [6.07, 6.45) is 8.62. The van der Waals surface area contributed by atoms with Crippen molar-refractivity contribution in [3.63, 3.8) is 0 Å². The monoisotopic (exact) mass is 450 g/mol. The van der Waals surface area contributed by atoms with E-state index in [0.29, 0.717) is 25.2 Å². The largest absolute Gasteiger partial charge is 0.345 e. The molecule has 32 heavy (non-hydrogen) atoms. The van der Waals surface area contributed by atoms with Gasteiger partial charge < -0.3 is 9.47 Å². The number of amides is 1. The van der Waals surface area contributed by atoms with E-state index in [1.165, 1.54) is 10.4 Å². The number of para-hydroxylation sites is 1. The van der Waals surface area contributed by atoms with Crippen molar-refractivity contribution in [2.45, 2.75) is 36.6 Å². The third kappa shape index (κ3) is 3.48. The molecule has 8 heteroatoms. The number of fused-ring (bicyclic) bond motifs is 1. The lowest BCUT2D eigenvalue weighted by Gasteiger charge is -2.36. The second kappa shape index (κ2) is 8.09. The fourth-order valence-electron chi connectivity index (χ4n) is 4.81. The zero-order valence-corrected chi connectivity index (χ0v) is 18.8. The molecule has 0 saturated carbocycles. The van der Waals surface area contributed by atoms with Crippen LogP contribution in [0, 0.1) is 0 Å². The first-order valence-electron chi connectivity index (χ1n) is 10.9. The van der Waals surface area contributed by atoms with Gasteiger partial charge in [-0.1, -0.05) is 24.3 Å². The van der Waals surface area contributed by atoms with Gasteiger partial charge in [0.25, 0.3) is 15.9 Å². The third-order valence-electron chi connectivity index (χ3n) is 6.46. The van der Waals surface area contributed by atoms with Crippen molar-refractivity contribution >= 4 is 21.6 Å². The Morgan fingerprint density at radius 3 is 2.75 bits per heavy atom. The maximum atomic E-state index is 13.5. The normalized spacial score (nSPS) is 18.6. The summed E-state index contributed by atoms with van der Waals surface area (Å²) >= 11 is 0.